The summed E-state index contributed by atoms with van der Waals surface area (Å²) in [5, 5.41) is 6.70. The first-order chi connectivity index (χ1) is 8.66. The summed E-state index contributed by atoms with van der Waals surface area (Å²) in [6.07, 6.45) is 8.11. The third-order valence-electron chi connectivity index (χ3n) is 4.62. The Kier molecular flexibility index (Phi) is 5.04. The lowest BCUT2D eigenvalue weighted by Gasteiger charge is -2.35. The van der Waals surface area contributed by atoms with Crippen LogP contribution in [-0.2, 0) is 4.79 Å². The lowest BCUT2D eigenvalue weighted by atomic mass is 9.78. The van der Waals surface area contributed by atoms with Gasteiger partial charge < -0.3 is 10.6 Å². The molecule has 1 amide bonds. The van der Waals surface area contributed by atoms with Crippen molar-refractivity contribution in [3.63, 3.8) is 0 Å². The third-order valence-corrected chi connectivity index (χ3v) is 4.62. The van der Waals surface area contributed by atoms with Crippen molar-refractivity contribution in [1.29, 1.82) is 0 Å². The number of amides is 1. The second-order valence-electron chi connectivity index (χ2n) is 6.36. The zero-order valence-electron chi connectivity index (χ0n) is 11.9. The Morgan fingerprint density at radius 2 is 2.00 bits per heavy atom. The van der Waals surface area contributed by atoms with Crippen LogP contribution in [0, 0.1) is 11.8 Å². The summed E-state index contributed by atoms with van der Waals surface area (Å²) in [4.78, 5) is 12.1. The highest BCUT2D eigenvalue weighted by atomic mass is 16.1. The van der Waals surface area contributed by atoms with Crippen LogP contribution in [-0.4, -0.2) is 24.5 Å². The maximum atomic E-state index is 12.1. The van der Waals surface area contributed by atoms with E-state index in [4.69, 9.17) is 0 Å². The van der Waals surface area contributed by atoms with Gasteiger partial charge in [0.25, 0.3) is 0 Å². The molecule has 3 heteroatoms. The van der Waals surface area contributed by atoms with Crippen LogP contribution < -0.4 is 10.6 Å². The van der Waals surface area contributed by atoms with Crippen LogP contribution in [0.2, 0.25) is 0 Å². The summed E-state index contributed by atoms with van der Waals surface area (Å²) >= 11 is 0. The van der Waals surface area contributed by atoms with E-state index in [0.29, 0.717) is 30.3 Å². The molecule has 0 spiro atoms. The molecule has 0 aromatic rings. The molecule has 3 nitrogen and oxygen atoms in total. The van der Waals surface area contributed by atoms with E-state index < -0.39 is 0 Å². The molecule has 0 radical (unpaired) electrons. The van der Waals surface area contributed by atoms with Gasteiger partial charge in [-0.1, -0.05) is 26.7 Å². The minimum atomic E-state index is 0.256. The van der Waals surface area contributed by atoms with Crippen LogP contribution in [0.5, 0.6) is 0 Å². The molecule has 104 valence electrons. The molecule has 3 unspecified atom stereocenters. The lowest BCUT2D eigenvalue weighted by molar-refractivity contribution is -0.123. The molecule has 0 aromatic carbocycles. The van der Waals surface area contributed by atoms with E-state index in [-0.39, 0.29) is 5.91 Å². The molecule has 18 heavy (non-hydrogen) atoms. The Morgan fingerprint density at radius 3 is 2.67 bits per heavy atom. The molecule has 1 saturated carbocycles. The quantitative estimate of drug-likeness (QED) is 0.807. The van der Waals surface area contributed by atoms with E-state index in [1.807, 2.05) is 0 Å². The fourth-order valence-corrected chi connectivity index (χ4v) is 3.56. The monoisotopic (exact) mass is 252 g/mol. The first-order valence-electron chi connectivity index (χ1n) is 7.69. The predicted octanol–water partition coefficient (Wildman–Crippen LogP) is 2.46. The van der Waals surface area contributed by atoms with Crippen LogP contribution in [0.25, 0.3) is 0 Å². The Labute approximate surface area is 111 Å². The lowest BCUT2D eigenvalue weighted by Crippen LogP contribution is -2.45. The average Bonchev–Trinajstić information content (AvgIpc) is 2.82. The minimum Gasteiger partial charge on any atom is -0.353 e. The zero-order chi connectivity index (χ0) is 13.0. The first-order valence-corrected chi connectivity index (χ1v) is 7.69. The fraction of sp³-hybridized carbons (Fsp3) is 0.933. The maximum Gasteiger partial charge on any atom is 0.221 e. The van der Waals surface area contributed by atoms with Gasteiger partial charge in [-0.2, -0.15) is 0 Å². The van der Waals surface area contributed by atoms with Gasteiger partial charge in [0, 0.05) is 18.5 Å². The van der Waals surface area contributed by atoms with Crippen LogP contribution in [0.1, 0.15) is 58.8 Å². The van der Waals surface area contributed by atoms with Gasteiger partial charge in [0.15, 0.2) is 0 Å². The van der Waals surface area contributed by atoms with Gasteiger partial charge in [0.2, 0.25) is 5.91 Å². The SMILES string of the molecule is CC(C)C1CCCCC1NC(=O)CC1CCCN1. The van der Waals surface area contributed by atoms with Crippen LogP contribution in [0.3, 0.4) is 0 Å². The number of hydrogen-bond donors (Lipinski definition) is 2. The van der Waals surface area contributed by atoms with E-state index in [9.17, 15) is 4.79 Å². The van der Waals surface area contributed by atoms with E-state index >= 15 is 0 Å². The summed E-state index contributed by atoms with van der Waals surface area (Å²) in [6, 6.07) is 0.846. The summed E-state index contributed by atoms with van der Waals surface area (Å²) in [5.74, 6) is 1.62. The first kappa shape index (κ1) is 13.9. The van der Waals surface area contributed by atoms with Gasteiger partial charge in [-0.3, -0.25) is 4.79 Å². The summed E-state index contributed by atoms with van der Waals surface area (Å²) in [7, 11) is 0. The maximum absolute atomic E-state index is 12.1. The summed E-state index contributed by atoms with van der Waals surface area (Å²) in [6.45, 7) is 5.65. The van der Waals surface area contributed by atoms with Gasteiger partial charge in [-0.25, -0.2) is 0 Å². The van der Waals surface area contributed by atoms with E-state index in [1.165, 1.54) is 32.1 Å². The largest absolute Gasteiger partial charge is 0.353 e. The predicted molar refractivity (Wildman–Crippen MR) is 74.4 cm³/mol. The molecular formula is C15H28N2O. The molecular weight excluding hydrogens is 224 g/mol. The average molecular weight is 252 g/mol. The van der Waals surface area contributed by atoms with Gasteiger partial charge >= 0.3 is 0 Å². The third kappa shape index (κ3) is 3.71. The molecule has 2 aliphatic rings. The molecule has 1 aliphatic heterocycles. The molecule has 3 atom stereocenters. The Hall–Kier alpha value is -0.570. The highest BCUT2D eigenvalue weighted by Gasteiger charge is 2.29. The molecule has 2 N–H and O–H groups in total. The van der Waals surface area contributed by atoms with E-state index in [0.717, 1.165) is 13.0 Å². The number of rotatable bonds is 4. The van der Waals surface area contributed by atoms with Crippen molar-refractivity contribution < 1.29 is 4.79 Å². The molecule has 0 bridgehead atoms. The molecule has 1 aliphatic carbocycles. The second kappa shape index (κ2) is 6.55. The normalized spacial score (nSPS) is 32.7. The number of carbonyl (C=O) groups is 1. The van der Waals surface area contributed by atoms with Crippen LogP contribution >= 0.6 is 0 Å². The van der Waals surface area contributed by atoms with Gasteiger partial charge in [0.05, 0.1) is 0 Å². The molecule has 1 heterocycles. The van der Waals surface area contributed by atoms with Crippen molar-refractivity contribution in [2.75, 3.05) is 6.54 Å². The molecule has 2 fully saturated rings. The van der Waals surface area contributed by atoms with Crippen molar-refractivity contribution in [1.82, 2.24) is 10.6 Å². The van der Waals surface area contributed by atoms with Crippen molar-refractivity contribution >= 4 is 5.91 Å². The van der Waals surface area contributed by atoms with Crippen molar-refractivity contribution in [3.8, 4) is 0 Å². The highest BCUT2D eigenvalue weighted by molar-refractivity contribution is 5.77. The molecule has 2 rings (SSSR count). The Morgan fingerprint density at radius 1 is 1.22 bits per heavy atom. The van der Waals surface area contributed by atoms with E-state index in [1.54, 1.807) is 0 Å². The van der Waals surface area contributed by atoms with E-state index in [2.05, 4.69) is 24.5 Å². The summed E-state index contributed by atoms with van der Waals surface area (Å²) < 4.78 is 0. The van der Waals surface area contributed by atoms with Gasteiger partial charge in [0.1, 0.15) is 0 Å². The van der Waals surface area contributed by atoms with Gasteiger partial charge in [-0.15, -0.1) is 0 Å². The Balaban J connectivity index is 1.80. The van der Waals surface area contributed by atoms with Crippen molar-refractivity contribution in [3.05, 3.63) is 0 Å². The fourth-order valence-electron chi connectivity index (χ4n) is 3.56. The van der Waals surface area contributed by atoms with Crippen molar-refractivity contribution in [2.45, 2.75) is 70.9 Å². The smallest absolute Gasteiger partial charge is 0.221 e. The van der Waals surface area contributed by atoms with Crippen LogP contribution in [0.4, 0.5) is 0 Å². The zero-order valence-corrected chi connectivity index (χ0v) is 11.9. The van der Waals surface area contributed by atoms with Gasteiger partial charge in [-0.05, 0) is 44.1 Å². The highest BCUT2D eigenvalue weighted by Crippen LogP contribution is 2.30. The standard InChI is InChI=1S/C15H28N2O/c1-11(2)13-7-3-4-8-14(13)17-15(18)10-12-6-5-9-16-12/h11-14,16H,3-10H2,1-2H3,(H,17,18). The molecule has 0 aromatic heterocycles. The second-order valence-corrected chi connectivity index (χ2v) is 6.36. The number of carbonyl (C=O) groups excluding carboxylic acids is 1. The summed E-state index contributed by atoms with van der Waals surface area (Å²) in [5.41, 5.74) is 0. The minimum absolute atomic E-state index is 0.256. The topological polar surface area (TPSA) is 41.1 Å². The Bertz CT molecular complexity index is 272. The molecule has 1 saturated heterocycles. The number of nitrogens with one attached hydrogen (secondary N) is 2. The number of hydrogen-bond acceptors (Lipinski definition) is 2. The van der Waals surface area contributed by atoms with Crippen LogP contribution in [0.15, 0.2) is 0 Å². The van der Waals surface area contributed by atoms with Crippen molar-refractivity contribution in [2.24, 2.45) is 11.8 Å².